The van der Waals surface area contributed by atoms with Crippen LogP contribution in [0.15, 0.2) is 29.2 Å². The first-order chi connectivity index (χ1) is 11.0. The molecule has 1 aromatic carbocycles. The van der Waals surface area contributed by atoms with Crippen molar-refractivity contribution >= 4 is 18.0 Å². The maximum atomic E-state index is 9.40. The Kier molecular flexibility index (Phi) is 9.53. The van der Waals surface area contributed by atoms with Crippen LogP contribution in [0.3, 0.4) is 0 Å². The van der Waals surface area contributed by atoms with Gasteiger partial charge in [0, 0.05) is 29.9 Å². The number of carbonyl (C=O) groups excluding carboxylic acids is 1. The van der Waals surface area contributed by atoms with E-state index in [1.54, 1.807) is 11.8 Å². The van der Waals surface area contributed by atoms with Crippen molar-refractivity contribution in [3.63, 3.8) is 0 Å². The van der Waals surface area contributed by atoms with Gasteiger partial charge in [-0.3, -0.25) is 4.90 Å². The fourth-order valence-corrected chi connectivity index (χ4v) is 3.05. The van der Waals surface area contributed by atoms with Gasteiger partial charge < -0.3 is 9.53 Å². The van der Waals surface area contributed by atoms with Crippen LogP contribution in [-0.4, -0.2) is 49.3 Å². The summed E-state index contributed by atoms with van der Waals surface area (Å²) in [5, 5.41) is 0. The number of carbonyl (C=O) groups is 1. The van der Waals surface area contributed by atoms with Crippen LogP contribution in [0.4, 0.5) is 0 Å². The Labute approximate surface area is 145 Å². The van der Waals surface area contributed by atoms with Crippen molar-refractivity contribution in [1.29, 1.82) is 0 Å². The summed E-state index contributed by atoms with van der Waals surface area (Å²) in [6.07, 6.45) is 5.83. The number of thioether (sulfide) groups is 1. The van der Waals surface area contributed by atoms with Crippen LogP contribution >= 0.6 is 11.8 Å². The molecule has 1 aromatic rings. The zero-order chi connectivity index (χ0) is 17.1. The Balaban J connectivity index is 0.000000463. The summed E-state index contributed by atoms with van der Waals surface area (Å²) in [5.74, 6) is 0. The molecule has 0 saturated carbocycles. The lowest BCUT2D eigenvalue weighted by atomic mass is 9.92. The highest BCUT2D eigenvalue weighted by atomic mass is 32.2. The van der Waals surface area contributed by atoms with Gasteiger partial charge in [0.15, 0.2) is 0 Å². The van der Waals surface area contributed by atoms with Gasteiger partial charge >= 0.3 is 0 Å². The molecular formula is C19H31NO2S. The smallest absolute Gasteiger partial charge is 0.119 e. The zero-order valence-electron chi connectivity index (χ0n) is 15.0. The van der Waals surface area contributed by atoms with E-state index < -0.39 is 0 Å². The minimum Gasteiger partial charge on any atom is -0.379 e. The number of rotatable bonds is 6. The number of hydrogen-bond donors (Lipinski definition) is 0. The first kappa shape index (κ1) is 20.2. The fourth-order valence-electron chi connectivity index (χ4n) is 2.64. The molecule has 130 valence electrons. The third-order valence-electron chi connectivity index (χ3n) is 4.07. The highest BCUT2D eigenvalue weighted by Crippen LogP contribution is 2.23. The second-order valence-electron chi connectivity index (χ2n) is 6.39. The van der Waals surface area contributed by atoms with Crippen LogP contribution in [0, 0.1) is 0 Å². The van der Waals surface area contributed by atoms with Crippen LogP contribution in [0.5, 0.6) is 0 Å². The van der Waals surface area contributed by atoms with Gasteiger partial charge in [0.2, 0.25) is 0 Å². The lowest BCUT2D eigenvalue weighted by Gasteiger charge is -2.41. The summed E-state index contributed by atoms with van der Waals surface area (Å²) in [6, 6.07) is 8.95. The van der Waals surface area contributed by atoms with E-state index in [1.165, 1.54) is 10.5 Å². The SMILES string of the molecule is CCCC=O.CSc1ccc(CC(C)(C)N2CCOCC2)cc1. The predicted octanol–water partition coefficient (Wildman–Crippen LogP) is 4.05. The number of morpholine rings is 1. The molecule has 1 aliphatic rings. The lowest BCUT2D eigenvalue weighted by Crippen LogP contribution is -2.51. The minimum absolute atomic E-state index is 0.213. The molecule has 0 amide bonds. The topological polar surface area (TPSA) is 29.5 Å². The number of aldehydes is 1. The van der Waals surface area contributed by atoms with E-state index in [0.717, 1.165) is 45.4 Å². The molecule has 0 aromatic heterocycles. The van der Waals surface area contributed by atoms with Gasteiger partial charge in [-0.2, -0.15) is 0 Å². The first-order valence-electron chi connectivity index (χ1n) is 8.43. The molecule has 1 fully saturated rings. The molecule has 0 N–H and O–H groups in total. The summed E-state index contributed by atoms with van der Waals surface area (Å²) >= 11 is 1.80. The Bertz CT molecular complexity index is 439. The number of unbranched alkanes of at least 4 members (excludes halogenated alkanes) is 1. The number of nitrogens with zero attached hydrogens (tertiary/aromatic N) is 1. The van der Waals surface area contributed by atoms with Crippen LogP contribution in [-0.2, 0) is 16.0 Å². The number of ether oxygens (including phenoxy) is 1. The van der Waals surface area contributed by atoms with Gasteiger partial charge in [-0.05, 0) is 50.6 Å². The van der Waals surface area contributed by atoms with Crippen molar-refractivity contribution in [2.75, 3.05) is 32.6 Å². The van der Waals surface area contributed by atoms with Gasteiger partial charge in [-0.25, -0.2) is 0 Å². The molecule has 2 rings (SSSR count). The Morgan fingerprint density at radius 3 is 2.26 bits per heavy atom. The molecule has 0 atom stereocenters. The highest BCUT2D eigenvalue weighted by molar-refractivity contribution is 7.98. The molecule has 0 bridgehead atoms. The molecule has 1 saturated heterocycles. The van der Waals surface area contributed by atoms with Crippen molar-refractivity contribution < 1.29 is 9.53 Å². The van der Waals surface area contributed by atoms with Crippen molar-refractivity contribution in [3.05, 3.63) is 29.8 Å². The van der Waals surface area contributed by atoms with Gasteiger partial charge in [0.05, 0.1) is 13.2 Å². The van der Waals surface area contributed by atoms with Crippen LogP contribution in [0.1, 0.15) is 39.2 Å². The summed E-state index contributed by atoms with van der Waals surface area (Å²) in [7, 11) is 0. The van der Waals surface area contributed by atoms with E-state index in [-0.39, 0.29) is 5.54 Å². The standard InChI is InChI=1S/C15H23NOS.C4H8O/c1-15(2,16-8-10-17-11-9-16)12-13-4-6-14(18-3)7-5-13;1-2-3-4-5/h4-7H,8-12H2,1-3H3;4H,2-3H2,1H3. The average molecular weight is 338 g/mol. The van der Waals surface area contributed by atoms with E-state index in [4.69, 9.17) is 4.74 Å². The van der Waals surface area contributed by atoms with Crippen LogP contribution in [0.25, 0.3) is 0 Å². The van der Waals surface area contributed by atoms with Crippen LogP contribution < -0.4 is 0 Å². The summed E-state index contributed by atoms with van der Waals surface area (Å²) < 4.78 is 5.43. The van der Waals surface area contributed by atoms with Crippen molar-refractivity contribution in [3.8, 4) is 0 Å². The van der Waals surface area contributed by atoms with E-state index in [0.29, 0.717) is 6.42 Å². The second-order valence-corrected chi connectivity index (χ2v) is 7.27. The fraction of sp³-hybridized carbons (Fsp3) is 0.632. The van der Waals surface area contributed by atoms with Gasteiger partial charge in [-0.15, -0.1) is 11.8 Å². The number of hydrogen-bond acceptors (Lipinski definition) is 4. The summed E-state index contributed by atoms with van der Waals surface area (Å²) in [4.78, 5) is 13.3. The maximum absolute atomic E-state index is 9.40. The molecule has 0 unspecified atom stereocenters. The number of benzene rings is 1. The molecule has 4 heteroatoms. The molecule has 0 radical (unpaired) electrons. The van der Waals surface area contributed by atoms with Gasteiger partial charge in [0.25, 0.3) is 0 Å². The highest BCUT2D eigenvalue weighted by Gasteiger charge is 2.28. The normalized spacial score (nSPS) is 15.7. The zero-order valence-corrected chi connectivity index (χ0v) is 15.8. The van der Waals surface area contributed by atoms with E-state index in [9.17, 15) is 4.79 Å². The van der Waals surface area contributed by atoms with Crippen LogP contribution in [0.2, 0.25) is 0 Å². The molecule has 23 heavy (non-hydrogen) atoms. The summed E-state index contributed by atoms with van der Waals surface area (Å²) in [6.45, 7) is 10.5. The third kappa shape index (κ3) is 7.51. The summed E-state index contributed by atoms with van der Waals surface area (Å²) in [5.41, 5.74) is 1.63. The molecule has 0 aliphatic carbocycles. The van der Waals surface area contributed by atoms with E-state index in [2.05, 4.69) is 49.3 Å². The largest absolute Gasteiger partial charge is 0.379 e. The van der Waals surface area contributed by atoms with E-state index >= 15 is 0 Å². The Hall–Kier alpha value is -0.840. The Morgan fingerprint density at radius 1 is 1.22 bits per heavy atom. The molecular weight excluding hydrogens is 306 g/mol. The monoisotopic (exact) mass is 337 g/mol. The van der Waals surface area contributed by atoms with Crippen molar-refractivity contribution in [1.82, 2.24) is 4.90 Å². The minimum atomic E-state index is 0.213. The predicted molar refractivity (Wildman–Crippen MR) is 99.4 cm³/mol. The molecule has 0 spiro atoms. The van der Waals surface area contributed by atoms with E-state index in [1.807, 2.05) is 6.92 Å². The average Bonchev–Trinajstić information content (AvgIpc) is 2.57. The van der Waals surface area contributed by atoms with Crippen molar-refractivity contribution in [2.45, 2.75) is 50.5 Å². The van der Waals surface area contributed by atoms with Gasteiger partial charge in [0.1, 0.15) is 6.29 Å². The van der Waals surface area contributed by atoms with Crippen molar-refractivity contribution in [2.24, 2.45) is 0 Å². The molecule has 1 aliphatic heterocycles. The second kappa shape index (κ2) is 10.8. The quantitative estimate of drug-likeness (QED) is 0.578. The molecule has 1 heterocycles. The lowest BCUT2D eigenvalue weighted by molar-refractivity contribution is -0.107. The maximum Gasteiger partial charge on any atom is 0.119 e. The first-order valence-corrected chi connectivity index (χ1v) is 9.65. The Morgan fingerprint density at radius 2 is 1.83 bits per heavy atom. The molecule has 3 nitrogen and oxygen atoms in total. The van der Waals surface area contributed by atoms with Gasteiger partial charge in [-0.1, -0.05) is 19.1 Å². The third-order valence-corrected chi connectivity index (χ3v) is 4.81.